The van der Waals surface area contributed by atoms with Crippen molar-refractivity contribution in [2.24, 2.45) is 0 Å². The topological polar surface area (TPSA) is 39.1 Å². The predicted octanol–water partition coefficient (Wildman–Crippen LogP) is 3.82. The molecule has 0 aromatic heterocycles. The molecule has 2 saturated heterocycles. The van der Waals surface area contributed by atoms with Crippen molar-refractivity contribution in [1.29, 1.82) is 5.26 Å². The molecule has 0 spiro atoms. The van der Waals surface area contributed by atoms with Crippen molar-refractivity contribution in [2.75, 3.05) is 11.4 Å². The maximum atomic E-state index is 9.51. The summed E-state index contributed by atoms with van der Waals surface area (Å²) < 4.78 is 0.903. The van der Waals surface area contributed by atoms with Crippen LogP contribution in [0.2, 0.25) is 0 Å². The number of nitriles is 1. The van der Waals surface area contributed by atoms with Gasteiger partial charge in [0.1, 0.15) is 6.07 Å². The molecule has 3 rings (SSSR count). The molecule has 1 N–H and O–H groups in total. The minimum atomic E-state index is 0.560. The summed E-state index contributed by atoms with van der Waals surface area (Å²) in [6.45, 7) is 3.24. The molecular formula is C17H22BrN3. The summed E-state index contributed by atoms with van der Waals surface area (Å²) in [5, 5.41) is 13.2. The van der Waals surface area contributed by atoms with Gasteiger partial charge in [0.15, 0.2) is 0 Å². The van der Waals surface area contributed by atoms with Crippen LogP contribution in [0.4, 0.5) is 5.69 Å². The molecule has 2 aliphatic heterocycles. The molecule has 2 heterocycles. The Morgan fingerprint density at radius 1 is 1.33 bits per heavy atom. The zero-order chi connectivity index (χ0) is 14.8. The fourth-order valence-electron chi connectivity index (χ4n) is 3.89. The second-order valence-electron chi connectivity index (χ2n) is 6.20. The number of anilines is 1. The van der Waals surface area contributed by atoms with Gasteiger partial charge in [-0.25, -0.2) is 0 Å². The normalized spacial score (nSPS) is 27.4. The van der Waals surface area contributed by atoms with Crippen LogP contribution in [0.25, 0.3) is 0 Å². The van der Waals surface area contributed by atoms with Crippen LogP contribution in [0, 0.1) is 11.3 Å². The summed E-state index contributed by atoms with van der Waals surface area (Å²) in [7, 11) is 0. The van der Waals surface area contributed by atoms with Gasteiger partial charge in [0.05, 0.1) is 11.3 Å². The number of halogens is 1. The van der Waals surface area contributed by atoms with Gasteiger partial charge in [0.25, 0.3) is 0 Å². The van der Waals surface area contributed by atoms with E-state index in [0.717, 1.165) is 28.7 Å². The molecular weight excluding hydrogens is 326 g/mol. The van der Waals surface area contributed by atoms with Crippen molar-refractivity contribution < 1.29 is 0 Å². The average molecular weight is 348 g/mol. The largest absolute Gasteiger partial charge is 0.367 e. The highest BCUT2D eigenvalue weighted by molar-refractivity contribution is 9.10. The van der Waals surface area contributed by atoms with Gasteiger partial charge in [0, 0.05) is 29.1 Å². The van der Waals surface area contributed by atoms with E-state index in [4.69, 9.17) is 0 Å². The summed E-state index contributed by atoms with van der Waals surface area (Å²) in [5.41, 5.74) is 1.87. The van der Waals surface area contributed by atoms with E-state index in [-0.39, 0.29) is 0 Å². The van der Waals surface area contributed by atoms with Gasteiger partial charge in [-0.05, 0) is 60.2 Å². The maximum absolute atomic E-state index is 9.51. The second-order valence-corrected chi connectivity index (χ2v) is 7.06. The molecule has 0 aliphatic carbocycles. The number of hydrogen-bond acceptors (Lipinski definition) is 3. The molecule has 2 atom stereocenters. The highest BCUT2D eigenvalue weighted by Gasteiger charge is 2.36. The van der Waals surface area contributed by atoms with Crippen LogP contribution in [0.1, 0.15) is 44.6 Å². The molecule has 0 saturated carbocycles. The Balaban J connectivity index is 1.91. The Bertz CT molecular complexity index is 539. The minimum absolute atomic E-state index is 0.560. The number of nitrogens with one attached hydrogen (secondary N) is 1. The first-order valence-electron chi connectivity index (χ1n) is 7.94. The van der Waals surface area contributed by atoms with E-state index in [1.807, 2.05) is 12.1 Å². The third kappa shape index (κ3) is 2.95. The number of hydrogen-bond donors (Lipinski definition) is 1. The summed E-state index contributed by atoms with van der Waals surface area (Å²) in [6, 6.07) is 10.4. The minimum Gasteiger partial charge on any atom is -0.367 e. The average Bonchev–Trinajstić information content (AvgIpc) is 2.83. The Kier molecular flexibility index (Phi) is 4.51. The van der Waals surface area contributed by atoms with Gasteiger partial charge in [0.2, 0.25) is 0 Å². The Hall–Kier alpha value is -1.05. The van der Waals surface area contributed by atoms with Gasteiger partial charge in [-0.15, -0.1) is 0 Å². The van der Waals surface area contributed by atoms with Gasteiger partial charge in [-0.3, -0.25) is 0 Å². The lowest BCUT2D eigenvalue weighted by atomic mass is 9.96. The molecule has 0 amide bonds. The highest BCUT2D eigenvalue weighted by Crippen LogP contribution is 2.35. The molecule has 21 heavy (non-hydrogen) atoms. The maximum Gasteiger partial charge on any atom is 0.103 e. The van der Waals surface area contributed by atoms with Crippen molar-refractivity contribution in [3.63, 3.8) is 0 Å². The van der Waals surface area contributed by atoms with E-state index in [9.17, 15) is 5.26 Å². The van der Waals surface area contributed by atoms with Crippen molar-refractivity contribution >= 4 is 21.6 Å². The molecule has 2 bridgehead atoms. The van der Waals surface area contributed by atoms with Crippen LogP contribution >= 0.6 is 15.9 Å². The number of rotatable bonds is 4. The Morgan fingerprint density at radius 2 is 2.05 bits per heavy atom. The van der Waals surface area contributed by atoms with E-state index in [2.05, 4.69) is 45.2 Å². The molecule has 1 aromatic rings. The van der Waals surface area contributed by atoms with E-state index in [1.165, 1.54) is 25.7 Å². The van der Waals surface area contributed by atoms with Gasteiger partial charge < -0.3 is 10.2 Å². The van der Waals surface area contributed by atoms with Crippen LogP contribution < -0.4 is 10.2 Å². The number of fused-ring (bicyclic) bond motifs is 2. The van der Waals surface area contributed by atoms with E-state index in [1.54, 1.807) is 0 Å². The molecule has 2 unspecified atom stereocenters. The van der Waals surface area contributed by atoms with E-state index in [0.29, 0.717) is 18.1 Å². The second kappa shape index (κ2) is 6.37. The first kappa shape index (κ1) is 14.9. The van der Waals surface area contributed by atoms with Crippen molar-refractivity contribution in [3.8, 4) is 6.07 Å². The lowest BCUT2D eigenvalue weighted by Gasteiger charge is -2.39. The molecule has 0 radical (unpaired) electrons. The summed E-state index contributed by atoms with van der Waals surface area (Å²) in [5.74, 6) is 0. The fraction of sp³-hybridized carbons (Fsp3) is 0.588. The zero-order valence-corrected chi connectivity index (χ0v) is 14.1. The van der Waals surface area contributed by atoms with Crippen LogP contribution in [-0.4, -0.2) is 24.7 Å². The standard InChI is InChI=1S/C17H22BrN3/c1-2-8-21(14-9-12-6-7-13(10-14)20-12)17-5-3-4-16(18)15(17)11-19/h3-5,12-14,20H,2,6-10H2,1H3. The smallest absolute Gasteiger partial charge is 0.103 e. The van der Waals surface area contributed by atoms with Crippen molar-refractivity contribution in [2.45, 2.75) is 57.2 Å². The monoisotopic (exact) mass is 347 g/mol. The van der Waals surface area contributed by atoms with Gasteiger partial charge >= 0.3 is 0 Å². The first-order chi connectivity index (χ1) is 10.2. The van der Waals surface area contributed by atoms with E-state index >= 15 is 0 Å². The molecule has 1 aromatic carbocycles. The number of nitrogens with zero attached hydrogens (tertiary/aromatic N) is 2. The molecule has 2 aliphatic rings. The van der Waals surface area contributed by atoms with Gasteiger partial charge in [-0.1, -0.05) is 13.0 Å². The van der Waals surface area contributed by atoms with Crippen LogP contribution in [0.5, 0.6) is 0 Å². The summed E-state index contributed by atoms with van der Waals surface area (Å²) >= 11 is 3.53. The fourth-order valence-corrected chi connectivity index (χ4v) is 4.33. The summed E-state index contributed by atoms with van der Waals surface area (Å²) in [6.07, 6.45) is 6.13. The Morgan fingerprint density at radius 3 is 2.67 bits per heavy atom. The van der Waals surface area contributed by atoms with E-state index < -0.39 is 0 Å². The highest BCUT2D eigenvalue weighted by atomic mass is 79.9. The van der Waals surface area contributed by atoms with Crippen LogP contribution in [0.3, 0.4) is 0 Å². The first-order valence-corrected chi connectivity index (χ1v) is 8.73. The summed E-state index contributed by atoms with van der Waals surface area (Å²) in [4.78, 5) is 2.48. The van der Waals surface area contributed by atoms with Crippen molar-refractivity contribution in [3.05, 3.63) is 28.2 Å². The lowest BCUT2D eigenvalue weighted by molar-refractivity contribution is 0.346. The third-order valence-corrected chi connectivity index (χ3v) is 5.43. The van der Waals surface area contributed by atoms with Crippen LogP contribution in [0.15, 0.2) is 22.7 Å². The molecule has 4 heteroatoms. The molecule has 3 nitrogen and oxygen atoms in total. The van der Waals surface area contributed by atoms with Crippen molar-refractivity contribution in [1.82, 2.24) is 5.32 Å². The predicted molar refractivity (Wildman–Crippen MR) is 89.5 cm³/mol. The Labute approximate surface area is 135 Å². The third-order valence-electron chi connectivity index (χ3n) is 4.77. The van der Waals surface area contributed by atoms with Crippen LogP contribution in [-0.2, 0) is 0 Å². The quantitative estimate of drug-likeness (QED) is 0.899. The lowest BCUT2D eigenvalue weighted by Crippen LogP contribution is -2.48. The molecule has 2 fully saturated rings. The SMILES string of the molecule is CCCN(c1cccc(Br)c1C#N)C1CC2CCC(C1)N2. The molecule has 112 valence electrons. The zero-order valence-electron chi connectivity index (χ0n) is 12.5. The number of benzene rings is 1. The van der Waals surface area contributed by atoms with Gasteiger partial charge in [-0.2, -0.15) is 5.26 Å². The number of piperidine rings is 1.